The molecule has 0 aliphatic rings. The Kier molecular flexibility index (Phi) is 2.07. The van der Waals surface area contributed by atoms with E-state index in [1.165, 1.54) is 0 Å². The lowest BCUT2D eigenvalue weighted by molar-refractivity contribution is 1.11. The van der Waals surface area contributed by atoms with Crippen LogP contribution in [0.15, 0.2) is 40.7 Å². The minimum atomic E-state index is 0.776. The third kappa shape index (κ3) is 1.48. The molecule has 0 atom stereocenters. The summed E-state index contributed by atoms with van der Waals surface area (Å²) in [6.45, 7) is 0. The second kappa shape index (κ2) is 3.43. The van der Waals surface area contributed by atoms with Crippen LogP contribution < -0.4 is 0 Å². The van der Waals surface area contributed by atoms with Gasteiger partial charge in [0, 0.05) is 18.6 Å². The molecule has 0 saturated carbocycles. The molecule has 5 heteroatoms. The Hall–Kier alpha value is -1.20. The topological polar surface area (TPSA) is 30.2 Å². The fourth-order valence-corrected chi connectivity index (χ4v) is 2.61. The van der Waals surface area contributed by atoms with Crippen molar-refractivity contribution in [2.24, 2.45) is 0 Å². The molecule has 0 N–H and O–H groups in total. The van der Waals surface area contributed by atoms with Crippen LogP contribution in [-0.4, -0.2) is 14.4 Å². The minimum Gasteiger partial charge on any atom is -0.303 e. The molecular formula is C10H6BrN3S. The predicted octanol–water partition coefficient (Wildman–Crippen LogP) is 3.22. The minimum absolute atomic E-state index is 0.776. The van der Waals surface area contributed by atoms with Gasteiger partial charge in [-0.25, -0.2) is 9.97 Å². The molecule has 0 bridgehead atoms. The molecule has 15 heavy (non-hydrogen) atoms. The summed E-state index contributed by atoms with van der Waals surface area (Å²) in [6, 6.07) is 4.08. The van der Waals surface area contributed by atoms with Crippen LogP contribution in [0.4, 0.5) is 0 Å². The van der Waals surface area contributed by atoms with Crippen LogP contribution in [0, 0.1) is 0 Å². The molecule has 0 aliphatic carbocycles. The van der Waals surface area contributed by atoms with E-state index >= 15 is 0 Å². The quantitative estimate of drug-likeness (QED) is 0.685. The van der Waals surface area contributed by atoms with Crippen LogP contribution in [0.25, 0.3) is 16.2 Å². The van der Waals surface area contributed by atoms with Crippen LogP contribution in [-0.2, 0) is 0 Å². The second-order valence-corrected chi connectivity index (χ2v) is 4.75. The van der Waals surface area contributed by atoms with Crippen LogP contribution in [0.3, 0.4) is 0 Å². The van der Waals surface area contributed by atoms with Gasteiger partial charge >= 0.3 is 0 Å². The summed E-state index contributed by atoms with van der Waals surface area (Å²) in [5.74, 6) is 0. The van der Waals surface area contributed by atoms with E-state index in [9.17, 15) is 0 Å². The Morgan fingerprint density at radius 1 is 1.40 bits per heavy atom. The van der Waals surface area contributed by atoms with Gasteiger partial charge in [0.05, 0.1) is 10.6 Å². The zero-order valence-electron chi connectivity index (χ0n) is 7.59. The SMILES string of the molecule is Brc1nc(-c2cccs2)cn2ccnc12. The number of thiophene rings is 1. The molecule has 0 aromatic carbocycles. The van der Waals surface area contributed by atoms with Gasteiger partial charge in [-0.15, -0.1) is 11.3 Å². The normalized spacial score (nSPS) is 11.0. The molecule has 74 valence electrons. The molecule has 0 unspecified atom stereocenters. The van der Waals surface area contributed by atoms with Crippen molar-refractivity contribution < 1.29 is 0 Å². The van der Waals surface area contributed by atoms with E-state index in [0.29, 0.717) is 0 Å². The third-order valence-electron chi connectivity index (χ3n) is 2.11. The molecular weight excluding hydrogens is 274 g/mol. The highest BCUT2D eigenvalue weighted by Crippen LogP contribution is 2.25. The first kappa shape index (κ1) is 9.06. The van der Waals surface area contributed by atoms with E-state index < -0.39 is 0 Å². The smallest absolute Gasteiger partial charge is 0.170 e. The van der Waals surface area contributed by atoms with E-state index in [0.717, 1.165) is 20.8 Å². The Labute approximate surface area is 98.6 Å². The van der Waals surface area contributed by atoms with Gasteiger partial charge in [-0.1, -0.05) is 6.07 Å². The van der Waals surface area contributed by atoms with Gasteiger partial charge in [0.1, 0.15) is 4.60 Å². The molecule has 3 heterocycles. The molecule has 3 aromatic rings. The Morgan fingerprint density at radius 3 is 3.13 bits per heavy atom. The molecule has 0 saturated heterocycles. The number of hydrogen-bond acceptors (Lipinski definition) is 3. The fourth-order valence-electron chi connectivity index (χ4n) is 1.44. The molecule has 0 amide bonds. The highest BCUT2D eigenvalue weighted by molar-refractivity contribution is 9.10. The number of fused-ring (bicyclic) bond motifs is 1. The second-order valence-electron chi connectivity index (χ2n) is 3.05. The van der Waals surface area contributed by atoms with Gasteiger partial charge in [-0.05, 0) is 27.4 Å². The van der Waals surface area contributed by atoms with Crippen molar-refractivity contribution in [3.8, 4) is 10.6 Å². The summed E-state index contributed by atoms with van der Waals surface area (Å²) in [6.07, 6.45) is 5.66. The molecule has 0 fully saturated rings. The van der Waals surface area contributed by atoms with Crippen LogP contribution in [0.1, 0.15) is 0 Å². The number of hydrogen-bond donors (Lipinski definition) is 0. The first-order valence-corrected chi connectivity index (χ1v) is 6.05. The zero-order valence-corrected chi connectivity index (χ0v) is 9.99. The van der Waals surface area contributed by atoms with Gasteiger partial charge in [0.15, 0.2) is 5.65 Å². The molecule has 0 aliphatic heterocycles. The lowest BCUT2D eigenvalue weighted by Crippen LogP contribution is -1.90. The molecule has 0 spiro atoms. The zero-order chi connectivity index (χ0) is 10.3. The van der Waals surface area contributed by atoms with Crippen LogP contribution >= 0.6 is 27.3 Å². The van der Waals surface area contributed by atoms with E-state index in [2.05, 4.69) is 32.0 Å². The van der Waals surface area contributed by atoms with E-state index in [4.69, 9.17) is 0 Å². The lowest BCUT2D eigenvalue weighted by Gasteiger charge is -2.00. The Morgan fingerprint density at radius 2 is 2.33 bits per heavy atom. The van der Waals surface area contributed by atoms with Crippen molar-refractivity contribution in [1.29, 1.82) is 0 Å². The van der Waals surface area contributed by atoms with Crippen molar-refractivity contribution >= 4 is 32.9 Å². The summed E-state index contributed by atoms with van der Waals surface area (Å²) < 4.78 is 2.74. The maximum absolute atomic E-state index is 4.46. The number of imidazole rings is 1. The standard InChI is InChI=1S/C10H6BrN3S/c11-9-10-12-3-4-14(10)6-7(13-9)8-2-1-5-15-8/h1-6H. The Balaban J connectivity index is 2.29. The summed E-state index contributed by atoms with van der Waals surface area (Å²) in [4.78, 5) is 9.82. The van der Waals surface area contributed by atoms with Crippen molar-refractivity contribution in [2.75, 3.05) is 0 Å². The summed E-state index contributed by atoms with van der Waals surface area (Å²) in [5.41, 5.74) is 1.80. The van der Waals surface area contributed by atoms with E-state index in [-0.39, 0.29) is 0 Å². The summed E-state index contributed by atoms with van der Waals surface area (Å²) >= 11 is 5.10. The number of halogens is 1. The van der Waals surface area contributed by atoms with Gasteiger partial charge in [-0.2, -0.15) is 0 Å². The molecule has 0 radical (unpaired) electrons. The number of rotatable bonds is 1. The maximum atomic E-state index is 4.46. The van der Waals surface area contributed by atoms with Crippen molar-refractivity contribution in [3.05, 3.63) is 40.7 Å². The number of aromatic nitrogens is 3. The van der Waals surface area contributed by atoms with Gasteiger partial charge in [-0.3, -0.25) is 0 Å². The monoisotopic (exact) mass is 279 g/mol. The van der Waals surface area contributed by atoms with E-state index in [1.54, 1.807) is 17.5 Å². The average Bonchev–Trinajstić information content (AvgIpc) is 2.88. The fraction of sp³-hybridized carbons (Fsp3) is 0. The highest BCUT2D eigenvalue weighted by Gasteiger charge is 2.06. The van der Waals surface area contributed by atoms with Crippen LogP contribution in [0.2, 0.25) is 0 Å². The largest absolute Gasteiger partial charge is 0.303 e. The molecule has 3 nitrogen and oxygen atoms in total. The Bertz CT molecular complexity index is 600. The number of nitrogens with zero attached hydrogens (tertiary/aromatic N) is 3. The molecule has 3 rings (SSSR count). The van der Waals surface area contributed by atoms with Gasteiger partial charge < -0.3 is 4.40 Å². The first-order chi connectivity index (χ1) is 7.34. The van der Waals surface area contributed by atoms with Crippen molar-refractivity contribution in [3.63, 3.8) is 0 Å². The van der Waals surface area contributed by atoms with Crippen molar-refractivity contribution in [2.45, 2.75) is 0 Å². The third-order valence-corrected chi connectivity index (χ3v) is 3.53. The van der Waals surface area contributed by atoms with Gasteiger partial charge in [0.25, 0.3) is 0 Å². The summed E-state index contributed by atoms with van der Waals surface area (Å²) in [7, 11) is 0. The predicted molar refractivity (Wildman–Crippen MR) is 64.0 cm³/mol. The van der Waals surface area contributed by atoms with Crippen molar-refractivity contribution in [1.82, 2.24) is 14.4 Å². The summed E-state index contributed by atoms with van der Waals surface area (Å²) in [5, 5.41) is 2.04. The van der Waals surface area contributed by atoms with Crippen LogP contribution in [0.5, 0.6) is 0 Å². The van der Waals surface area contributed by atoms with E-state index in [1.807, 2.05) is 28.2 Å². The average molecular weight is 280 g/mol. The molecule has 3 aromatic heterocycles. The lowest BCUT2D eigenvalue weighted by atomic mass is 10.3. The van der Waals surface area contributed by atoms with Gasteiger partial charge in [0.2, 0.25) is 0 Å². The maximum Gasteiger partial charge on any atom is 0.170 e. The first-order valence-electron chi connectivity index (χ1n) is 4.38. The highest BCUT2D eigenvalue weighted by atomic mass is 79.9.